The number of carbonyl (C=O) groups is 2. The Morgan fingerprint density at radius 3 is 2.46 bits per heavy atom. The van der Waals surface area contributed by atoms with E-state index in [1.54, 1.807) is 0 Å². The first-order valence-electron chi connectivity index (χ1n) is 12.9. The highest BCUT2D eigenvalue weighted by atomic mass is 16.7. The number of carbonyl (C=O) groups excluding carboxylic acids is 2. The molecule has 2 amide bonds. The molecule has 1 aliphatic heterocycles. The number of aryl methyl sites for hydroxylation is 1. The molecule has 3 rings (SSSR count). The van der Waals surface area contributed by atoms with Gasteiger partial charge < -0.3 is 25.0 Å². The number of rotatable bonds is 12. The smallest absolute Gasteiger partial charge is 0.224 e. The minimum absolute atomic E-state index is 0.119. The van der Waals surface area contributed by atoms with Gasteiger partial charge in [0.2, 0.25) is 11.8 Å². The van der Waals surface area contributed by atoms with Crippen molar-refractivity contribution in [2.75, 3.05) is 43.1 Å². The Balaban J connectivity index is 1.49. The number of hydrogen-bond acceptors (Lipinski definition) is 6. The van der Waals surface area contributed by atoms with Gasteiger partial charge in [-0.25, -0.2) is 4.98 Å². The van der Waals surface area contributed by atoms with E-state index in [0.717, 1.165) is 41.3 Å². The molecule has 1 aromatic heterocycles. The molecule has 0 unspecified atom stereocenters. The maximum absolute atomic E-state index is 12.4. The highest BCUT2D eigenvalue weighted by Crippen LogP contribution is 2.28. The third kappa shape index (κ3) is 8.18. The lowest BCUT2D eigenvalue weighted by Crippen LogP contribution is -2.33. The lowest BCUT2D eigenvalue weighted by atomic mass is 9.99. The number of ether oxygens (including phenoxy) is 2. The van der Waals surface area contributed by atoms with Gasteiger partial charge in [-0.05, 0) is 69.4 Å². The van der Waals surface area contributed by atoms with Crippen molar-refractivity contribution >= 4 is 34.2 Å². The normalized spacial score (nSPS) is 14.5. The Labute approximate surface area is 208 Å². The SMILES string of the molecule is CCOC(CCNC(=O)CCC(=O)Nc1ccc2nc(N3CCC(C)CC3)cc(C)c2c1)OCC. The van der Waals surface area contributed by atoms with Crippen molar-refractivity contribution < 1.29 is 19.1 Å². The van der Waals surface area contributed by atoms with Gasteiger partial charge in [0.15, 0.2) is 6.29 Å². The molecule has 8 heteroatoms. The van der Waals surface area contributed by atoms with E-state index in [-0.39, 0.29) is 30.9 Å². The summed E-state index contributed by atoms with van der Waals surface area (Å²) in [7, 11) is 0. The molecule has 0 atom stereocenters. The van der Waals surface area contributed by atoms with Crippen LogP contribution in [0.4, 0.5) is 11.5 Å². The predicted octanol–water partition coefficient (Wildman–Crippen LogP) is 4.40. The standard InChI is InChI=1S/C27H40N4O4/c1-5-34-27(35-6-2)11-14-28-25(32)9-10-26(33)29-21-7-8-23-22(18-21)20(4)17-24(30-23)31-15-12-19(3)13-16-31/h7-8,17-19,27H,5-6,9-16H2,1-4H3,(H,28,32)(H,29,33). The monoisotopic (exact) mass is 484 g/mol. The van der Waals surface area contributed by atoms with Crippen LogP contribution >= 0.6 is 0 Å². The molecule has 1 aliphatic rings. The fraction of sp³-hybridized carbons (Fsp3) is 0.593. The van der Waals surface area contributed by atoms with Gasteiger partial charge in [-0.2, -0.15) is 0 Å². The number of hydrogen-bond donors (Lipinski definition) is 2. The number of fused-ring (bicyclic) bond motifs is 1. The second-order valence-corrected chi connectivity index (χ2v) is 9.23. The van der Waals surface area contributed by atoms with Crippen LogP contribution in [0.25, 0.3) is 10.9 Å². The lowest BCUT2D eigenvalue weighted by molar-refractivity contribution is -0.140. The molecule has 35 heavy (non-hydrogen) atoms. The fourth-order valence-corrected chi connectivity index (χ4v) is 4.31. The summed E-state index contributed by atoms with van der Waals surface area (Å²) in [6, 6.07) is 7.92. The Morgan fingerprint density at radius 1 is 1.09 bits per heavy atom. The van der Waals surface area contributed by atoms with E-state index in [9.17, 15) is 9.59 Å². The fourth-order valence-electron chi connectivity index (χ4n) is 4.31. The van der Waals surface area contributed by atoms with Gasteiger partial charge >= 0.3 is 0 Å². The Kier molecular flexibility index (Phi) is 10.3. The molecule has 0 radical (unpaired) electrons. The average molecular weight is 485 g/mol. The van der Waals surface area contributed by atoms with Crippen LogP contribution in [0.15, 0.2) is 24.3 Å². The summed E-state index contributed by atoms with van der Waals surface area (Å²) in [4.78, 5) is 31.8. The van der Waals surface area contributed by atoms with Crippen molar-refractivity contribution in [3.05, 3.63) is 29.8 Å². The van der Waals surface area contributed by atoms with Gasteiger partial charge in [-0.15, -0.1) is 0 Å². The van der Waals surface area contributed by atoms with Crippen LogP contribution in [0.3, 0.4) is 0 Å². The van der Waals surface area contributed by atoms with Crippen LogP contribution in [0.2, 0.25) is 0 Å². The number of piperidine rings is 1. The molecular weight excluding hydrogens is 444 g/mol. The molecule has 8 nitrogen and oxygen atoms in total. The summed E-state index contributed by atoms with van der Waals surface area (Å²) in [6.45, 7) is 11.8. The van der Waals surface area contributed by atoms with E-state index in [1.807, 2.05) is 32.0 Å². The molecule has 2 N–H and O–H groups in total. The summed E-state index contributed by atoms with van der Waals surface area (Å²) in [5.41, 5.74) is 2.77. The van der Waals surface area contributed by atoms with Gasteiger partial charge in [0.25, 0.3) is 0 Å². The second-order valence-electron chi connectivity index (χ2n) is 9.23. The van der Waals surface area contributed by atoms with Gasteiger partial charge in [0, 0.05) is 63.2 Å². The van der Waals surface area contributed by atoms with Crippen LogP contribution in [0.5, 0.6) is 0 Å². The lowest BCUT2D eigenvalue weighted by Gasteiger charge is -2.31. The van der Waals surface area contributed by atoms with E-state index in [4.69, 9.17) is 14.5 Å². The molecule has 0 saturated carbocycles. The zero-order valence-corrected chi connectivity index (χ0v) is 21.6. The average Bonchev–Trinajstić information content (AvgIpc) is 2.84. The molecule has 1 fully saturated rings. The van der Waals surface area contributed by atoms with Crippen molar-refractivity contribution in [1.29, 1.82) is 0 Å². The van der Waals surface area contributed by atoms with Gasteiger partial charge in [-0.3, -0.25) is 9.59 Å². The number of amides is 2. The number of pyridine rings is 1. The van der Waals surface area contributed by atoms with Crippen molar-refractivity contribution in [2.24, 2.45) is 5.92 Å². The number of anilines is 2. The number of aromatic nitrogens is 1. The van der Waals surface area contributed by atoms with Crippen LogP contribution in [0.1, 0.15) is 58.4 Å². The summed E-state index contributed by atoms with van der Waals surface area (Å²) in [6.07, 6.45) is 2.90. The highest BCUT2D eigenvalue weighted by Gasteiger charge is 2.18. The molecule has 1 saturated heterocycles. The van der Waals surface area contributed by atoms with Crippen molar-refractivity contribution in [2.45, 2.75) is 66.1 Å². The Bertz CT molecular complexity index is 983. The molecule has 2 heterocycles. The van der Waals surface area contributed by atoms with Gasteiger partial charge in [0.05, 0.1) is 5.52 Å². The third-order valence-corrected chi connectivity index (χ3v) is 6.38. The summed E-state index contributed by atoms with van der Waals surface area (Å²) in [5.74, 6) is 1.45. The van der Waals surface area contributed by atoms with E-state index < -0.39 is 0 Å². The number of nitrogens with one attached hydrogen (secondary N) is 2. The van der Waals surface area contributed by atoms with Crippen molar-refractivity contribution in [3.63, 3.8) is 0 Å². The number of nitrogens with zero attached hydrogens (tertiary/aromatic N) is 2. The van der Waals surface area contributed by atoms with Gasteiger partial charge in [0.1, 0.15) is 5.82 Å². The molecule has 1 aromatic carbocycles. The molecule has 0 aliphatic carbocycles. The van der Waals surface area contributed by atoms with E-state index in [1.165, 1.54) is 12.8 Å². The minimum Gasteiger partial charge on any atom is -0.357 e. The molecular formula is C27H40N4O4. The van der Waals surface area contributed by atoms with Crippen LogP contribution < -0.4 is 15.5 Å². The molecule has 2 aromatic rings. The van der Waals surface area contributed by atoms with Crippen LogP contribution in [-0.2, 0) is 19.1 Å². The first kappa shape index (κ1) is 26.9. The first-order valence-corrected chi connectivity index (χ1v) is 12.9. The predicted molar refractivity (Wildman–Crippen MR) is 140 cm³/mol. The maximum Gasteiger partial charge on any atom is 0.224 e. The molecule has 192 valence electrons. The van der Waals surface area contributed by atoms with Gasteiger partial charge in [-0.1, -0.05) is 6.92 Å². The van der Waals surface area contributed by atoms with E-state index in [2.05, 4.69) is 35.4 Å². The Morgan fingerprint density at radius 2 is 1.77 bits per heavy atom. The van der Waals surface area contributed by atoms with Crippen molar-refractivity contribution in [1.82, 2.24) is 10.3 Å². The first-order chi connectivity index (χ1) is 16.9. The summed E-state index contributed by atoms with van der Waals surface area (Å²) >= 11 is 0. The highest BCUT2D eigenvalue weighted by molar-refractivity contribution is 5.96. The van der Waals surface area contributed by atoms with E-state index in [0.29, 0.717) is 31.9 Å². The zero-order chi connectivity index (χ0) is 25.2. The summed E-state index contributed by atoms with van der Waals surface area (Å²) < 4.78 is 10.9. The second kappa shape index (κ2) is 13.4. The third-order valence-electron chi connectivity index (χ3n) is 6.38. The summed E-state index contributed by atoms with van der Waals surface area (Å²) in [5, 5.41) is 6.76. The largest absolute Gasteiger partial charge is 0.357 e. The zero-order valence-electron chi connectivity index (χ0n) is 21.6. The minimum atomic E-state index is -0.320. The maximum atomic E-state index is 12.4. The quantitative estimate of drug-likeness (QED) is 0.434. The van der Waals surface area contributed by atoms with Crippen molar-refractivity contribution in [3.8, 4) is 0 Å². The number of benzene rings is 1. The van der Waals surface area contributed by atoms with Crippen LogP contribution in [0, 0.1) is 12.8 Å². The van der Waals surface area contributed by atoms with Crippen LogP contribution in [-0.4, -0.2) is 55.9 Å². The topological polar surface area (TPSA) is 92.8 Å². The van der Waals surface area contributed by atoms with E-state index >= 15 is 0 Å². The Hall–Kier alpha value is -2.71. The molecule has 0 bridgehead atoms. The molecule has 0 spiro atoms.